The molecule has 2 aromatic rings. The number of aromatic nitrogens is 2. The highest BCUT2D eigenvalue weighted by molar-refractivity contribution is 5.78. The van der Waals surface area contributed by atoms with Crippen molar-refractivity contribution in [3.63, 3.8) is 0 Å². The molecule has 0 aliphatic rings. The van der Waals surface area contributed by atoms with Gasteiger partial charge in [0, 0.05) is 13.6 Å². The molecule has 1 unspecified atom stereocenters. The summed E-state index contributed by atoms with van der Waals surface area (Å²) in [6.07, 6.45) is 0.427. The molecule has 0 spiro atoms. The predicted octanol–water partition coefficient (Wildman–Crippen LogP) is 1.76. The zero-order chi connectivity index (χ0) is 11.5. The van der Waals surface area contributed by atoms with Crippen LogP contribution in [0.15, 0.2) is 24.3 Å². The zero-order valence-corrected chi connectivity index (χ0v) is 9.64. The van der Waals surface area contributed by atoms with Gasteiger partial charge in [0.2, 0.25) is 5.95 Å². The SMILES string of the molecule is CCC(O)CNc1nc2ccccc2n1C. The number of aliphatic hydroxyl groups excluding tert-OH is 1. The highest BCUT2D eigenvalue weighted by atomic mass is 16.3. The Morgan fingerprint density at radius 3 is 2.88 bits per heavy atom. The number of para-hydroxylation sites is 2. The molecule has 0 bridgehead atoms. The number of aryl methyl sites for hydroxylation is 1. The van der Waals surface area contributed by atoms with Crippen molar-refractivity contribution in [2.75, 3.05) is 11.9 Å². The molecule has 0 radical (unpaired) electrons. The normalized spacial score (nSPS) is 12.9. The van der Waals surface area contributed by atoms with E-state index in [9.17, 15) is 5.11 Å². The second kappa shape index (κ2) is 4.53. The van der Waals surface area contributed by atoms with E-state index in [0.29, 0.717) is 6.54 Å². The van der Waals surface area contributed by atoms with Gasteiger partial charge in [-0.2, -0.15) is 0 Å². The van der Waals surface area contributed by atoms with Crippen molar-refractivity contribution >= 4 is 17.0 Å². The third-order valence-electron chi connectivity index (χ3n) is 2.75. The lowest BCUT2D eigenvalue weighted by atomic mass is 10.3. The van der Waals surface area contributed by atoms with Crippen LogP contribution in [0.2, 0.25) is 0 Å². The van der Waals surface area contributed by atoms with Gasteiger partial charge in [-0.05, 0) is 18.6 Å². The van der Waals surface area contributed by atoms with Crippen LogP contribution in [-0.2, 0) is 7.05 Å². The Morgan fingerprint density at radius 2 is 2.19 bits per heavy atom. The number of fused-ring (bicyclic) bond motifs is 1. The van der Waals surface area contributed by atoms with Crippen molar-refractivity contribution in [3.8, 4) is 0 Å². The van der Waals surface area contributed by atoms with Gasteiger partial charge in [0.25, 0.3) is 0 Å². The summed E-state index contributed by atoms with van der Waals surface area (Å²) in [5.41, 5.74) is 2.06. The van der Waals surface area contributed by atoms with E-state index in [1.54, 1.807) is 0 Å². The molecule has 16 heavy (non-hydrogen) atoms. The van der Waals surface area contributed by atoms with Crippen molar-refractivity contribution in [1.29, 1.82) is 0 Å². The molecule has 1 atom stereocenters. The van der Waals surface area contributed by atoms with Gasteiger partial charge in [-0.1, -0.05) is 19.1 Å². The molecule has 0 saturated carbocycles. The summed E-state index contributed by atoms with van der Waals surface area (Å²) in [6, 6.07) is 7.98. The van der Waals surface area contributed by atoms with Gasteiger partial charge in [0.15, 0.2) is 0 Å². The Hall–Kier alpha value is -1.55. The first-order valence-electron chi connectivity index (χ1n) is 5.55. The molecule has 4 nitrogen and oxygen atoms in total. The van der Waals surface area contributed by atoms with Gasteiger partial charge >= 0.3 is 0 Å². The minimum atomic E-state index is -0.320. The second-order valence-corrected chi connectivity index (χ2v) is 3.93. The zero-order valence-electron chi connectivity index (χ0n) is 9.64. The fourth-order valence-electron chi connectivity index (χ4n) is 1.66. The summed E-state index contributed by atoms with van der Waals surface area (Å²) < 4.78 is 2.00. The maximum Gasteiger partial charge on any atom is 0.203 e. The molecule has 2 rings (SSSR count). The maximum absolute atomic E-state index is 9.49. The molecule has 0 fully saturated rings. The van der Waals surface area contributed by atoms with Gasteiger partial charge in [0.05, 0.1) is 17.1 Å². The third-order valence-corrected chi connectivity index (χ3v) is 2.75. The van der Waals surface area contributed by atoms with Crippen LogP contribution in [0.4, 0.5) is 5.95 Å². The van der Waals surface area contributed by atoms with Crippen LogP contribution in [0.3, 0.4) is 0 Å². The summed E-state index contributed by atoms with van der Waals surface area (Å²) in [6.45, 7) is 2.49. The molecule has 1 heterocycles. The van der Waals surface area contributed by atoms with E-state index < -0.39 is 0 Å². The molecule has 1 aromatic carbocycles. The van der Waals surface area contributed by atoms with Crippen molar-refractivity contribution in [2.24, 2.45) is 7.05 Å². The van der Waals surface area contributed by atoms with Gasteiger partial charge < -0.3 is 15.0 Å². The van der Waals surface area contributed by atoms with E-state index >= 15 is 0 Å². The van der Waals surface area contributed by atoms with Crippen LogP contribution >= 0.6 is 0 Å². The van der Waals surface area contributed by atoms with Crippen LogP contribution < -0.4 is 5.32 Å². The van der Waals surface area contributed by atoms with Crippen LogP contribution in [0.5, 0.6) is 0 Å². The first-order valence-corrected chi connectivity index (χ1v) is 5.55. The molecule has 1 aromatic heterocycles. The number of nitrogens with one attached hydrogen (secondary N) is 1. The lowest BCUT2D eigenvalue weighted by Crippen LogP contribution is -2.19. The van der Waals surface area contributed by atoms with E-state index in [0.717, 1.165) is 23.4 Å². The molecule has 2 N–H and O–H groups in total. The standard InChI is InChI=1S/C12H17N3O/c1-3-9(16)8-13-12-14-10-6-4-5-7-11(10)15(12)2/h4-7,9,16H,3,8H2,1-2H3,(H,13,14). The number of anilines is 1. The van der Waals surface area contributed by atoms with Gasteiger partial charge in [-0.15, -0.1) is 0 Å². The quantitative estimate of drug-likeness (QED) is 0.823. The average Bonchev–Trinajstić information content (AvgIpc) is 2.64. The molecule has 4 heteroatoms. The molecule has 0 aliphatic carbocycles. The van der Waals surface area contributed by atoms with E-state index in [1.165, 1.54) is 0 Å². The van der Waals surface area contributed by atoms with E-state index in [4.69, 9.17) is 0 Å². The predicted molar refractivity (Wildman–Crippen MR) is 65.5 cm³/mol. The van der Waals surface area contributed by atoms with Crippen molar-refractivity contribution in [3.05, 3.63) is 24.3 Å². The lowest BCUT2D eigenvalue weighted by Gasteiger charge is -2.09. The number of rotatable bonds is 4. The monoisotopic (exact) mass is 219 g/mol. The highest BCUT2D eigenvalue weighted by Crippen LogP contribution is 2.17. The number of benzene rings is 1. The molecule has 86 valence electrons. The number of imidazole rings is 1. The number of aliphatic hydroxyl groups is 1. The fraction of sp³-hybridized carbons (Fsp3) is 0.417. The van der Waals surface area contributed by atoms with E-state index in [2.05, 4.69) is 10.3 Å². The molecule has 0 aliphatic heterocycles. The third kappa shape index (κ3) is 2.02. The van der Waals surface area contributed by atoms with E-state index in [1.807, 2.05) is 42.8 Å². The summed E-state index contributed by atoms with van der Waals surface area (Å²) in [5, 5.41) is 12.6. The first-order chi connectivity index (χ1) is 7.72. The molecular weight excluding hydrogens is 202 g/mol. The molecular formula is C12H17N3O. The summed E-state index contributed by atoms with van der Waals surface area (Å²) >= 11 is 0. The molecule has 0 saturated heterocycles. The van der Waals surface area contributed by atoms with Gasteiger partial charge in [0.1, 0.15) is 0 Å². The average molecular weight is 219 g/mol. The largest absolute Gasteiger partial charge is 0.391 e. The summed E-state index contributed by atoms with van der Waals surface area (Å²) in [4.78, 5) is 4.46. The van der Waals surface area contributed by atoms with E-state index in [-0.39, 0.29) is 6.10 Å². The minimum absolute atomic E-state index is 0.320. The van der Waals surface area contributed by atoms with Crippen molar-refractivity contribution in [1.82, 2.24) is 9.55 Å². The van der Waals surface area contributed by atoms with Crippen molar-refractivity contribution in [2.45, 2.75) is 19.4 Å². The Bertz CT molecular complexity index is 478. The highest BCUT2D eigenvalue weighted by Gasteiger charge is 2.07. The minimum Gasteiger partial charge on any atom is -0.391 e. The lowest BCUT2D eigenvalue weighted by molar-refractivity contribution is 0.183. The molecule has 0 amide bonds. The smallest absolute Gasteiger partial charge is 0.203 e. The number of hydrogen-bond acceptors (Lipinski definition) is 3. The first kappa shape index (κ1) is 11.0. The topological polar surface area (TPSA) is 50.1 Å². The Balaban J connectivity index is 2.21. The number of hydrogen-bond donors (Lipinski definition) is 2. The van der Waals surface area contributed by atoms with Crippen LogP contribution in [0.1, 0.15) is 13.3 Å². The number of nitrogens with zero attached hydrogens (tertiary/aromatic N) is 2. The van der Waals surface area contributed by atoms with Crippen LogP contribution in [0, 0.1) is 0 Å². The fourth-order valence-corrected chi connectivity index (χ4v) is 1.66. The van der Waals surface area contributed by atoms with Gasteiger partial charge in [-0.25, -0.2) is 4.98 Å². The van der Waals surface area contributed by atoms with Crippen LogP contribution in [-0.4, -0.2) is 27.3 Å². The van der Waals surface area contributed by atoms with Crippen LogP contribution in [0.25, 0.3) is 11.0 Å². The Labute approximate surface area is 94.9 Å². The maximum atomic E-state index is 9.49. The Morgan fingerprint density at radius 1 is 1.44 bits per heavy atom. The Kier molecular flexibility index (Phi) is 3.10. The van der Waals surface area contributed by atoms with Crippen molar-refractivity contribution < 1.29 is 5.11 Å². The van der Waals surface area contributed by atoms with Gasteiger partial charge in [-0.3, -0.25) is 0 Å². The summed E-state index contributed by atoms with van der Waals surface area (Å²) in [7, 11) is 1.97. The second-order valence-electron chi connectivity index (χ2n) is 3.93. The summed E-state index contributed by atoms with van der Waals surface area (Å²) in [5.74, 6) is 0.800.